The van der Waals surface area contributed by atoms with Gasteiger partial charge >= 0.3 is 0 Å². The van der Waals surface area contributed by atoms with Crippen molar-refractivity contribution in [3.8, 4) is 0 Å². The van der Waals surface area contributed by atoms with E-state index in [1.165, 1.54) is 0 Å². The van der Waals surface area contributed by atoms with Gasteiger partial charge in [-0.25, -0.2) is 0 Å². The standard InChI is InChI=1S/C23H24Cl2N2O2/c1-29-12-4-11-26-23(28)19-8-3-7-17-15-5-2-6-16(15)21(27-22(17)19)18-10-9-14(24)13-20(18)25/h2-3,5,7-10,13,15-16,21,27H,4,6,11-12H2,1H3,(H,26,28). The minimum Gasteiger partial charge on any atom is -0.385 e. The maximum Gasteiger partial charge on any atom is 0.253 e. The maximum absolute atomic E-state index is 12.9. The Kier molecular flexibility index (Phi) is 6.14. The molecule has 2 aliphatic rings. The highest BCUT2D eigenvalue weighted by molar-refractivity contribution is 6.35. The lowest BCUT2D eigenvalue weighted by atomic mass is 9.76. The first-order valence-electron chi connectivity index (χ1n) is 9.88. The number of nitrogens with one attached hydrogen (secondary N) is 2. The fourth-order valence-electron chi connectivity index (χ4n) is 4.39. The molecule has 4 nitrogen and oxygen atoms in total. The molecule has 4 rings (SSSR count). The first kappa shape index (κ1) is 20.3. The zero-order valence-corrected chi connectivity index (χ0v) is 17.8. The summed E-state index contributed by atoms with van der Waals surface area (Å²) in [6.07, 6.45) is 6.22. The molecule has 29 heavy (non-hydrogen) atoms. The third kappa shape index (κ3) is 4.02. The molecule has 1 amide bonds. The normalized spacial score (nSPS) is 22.0. The third-order valence-electron chi connectivity index (χ3n) is 5.75. The zero-order chi connectivity index (χ0) is 20.4. The predicted octanol–water partition coefficient (Wildman–Crippen LogP) is 5.59. The number of carbonyl (C=O) groups excluding carboxylic acids is 1. The Hall–Kier alpha value is -2.01. The summed E-state index contributed by atoms with van der Waals surface area (Å²) in [5, 5.41) is 7.90. The molecule has 0 saturated heterocycles. The van der Waals surface area contributed by atoms with Crippen molar-refractivity contribution in [1.82, 2.24) is 5.32 Å². The number of hydrogen-bond acceptors (Lipinski definition) is 3. The van der Waals surface area contributed by atoms with Gasteiger partial charge in [-0.2, -0.15) is 0 Å². The second-order valence-corrected chi connectivity index (χ2v) is 8.36. The van der Waals surface area contributed by atoms with Crippen molar-refractivity contribution < 1.29 is 9.53 Å². The van der Waals surface area contributed by atoms with Crippen LogP contribution >= 0.6 is 23.2 Å². The molecule has 3 unspecified atom stereocenters. The van der Waals surface area contributed by atoms with Crippen molar-refractivity contribution in [2.45, 2.75) is 24.8 Å². The summed E-state index contributed by atoms with van der Waals surface area (Å²) in [6, 6.07) is 11.6. The third-order valence-corrected chi connectivity index (χ3v) is 6.31. The van der Waals surface area contributed by atoms with Crippen LogP contribution in [0.1, 0.15) is 46.3 Å². The van der Waals surface area contributed by atoms with E-state index in [4.69, 9.17) is 27.9 Å². The molecule has 0 spiro atoms. The minimum absolute atomic E-state index is 0.00899. The highest BCUT2D eigenvalue weighted by Crippen LogP contribution is 2.51. The van der Waals surface area contributed by atoms with Gasteiger partial charge in [0.1, 0.15) is 0 Å². The van der Waals surface area contributed by atoms with Gasteiger partial charge in [-0.05, 0) is 48.1 Å². The highest BCUT2D eigenvalue weighted by Gasteiger charge is 2.39. The molecule has 3 atom stereocenters. The quantitative estimate of drug-likeness (QED) is 0.463. The molecule has 0 aromatic heterocycles. The maximum atomic E-state index is 12.9. The lowest BCUT2D eigenvalue weighted by molar-refractivity contribution is 0.0949. The zero-order valence-electron chi connectivity index (χ0n) is 16.3. The number of ether oxygens (including phenoxy) is 1. The first-order valence-corrected chi connectivity index (χ1v) is 10.6. The number of fused-ring (bicyclic) bond motifs is 3. The van der Waals surface area contributed by atoms with Crippen LogP contribution in [0.25, 0.3) is 0 Å². The summed E-state index contributed by atoms with van der Waals surface area (Å²) in [7, 11) is 1.66. The summed E-state index contributed by atoms with van der Waals surface area (Å²) in [5.41, 5.74) is 3.72. The average Bonchev–Trinajstić information content (AvgIpc) is 3.20. The Bertz CT molecular complexity index is 944. The van der Waals surface area contributed by atoms with E-state index in [1.54, 1.807) is 13.2 Å². The minimum atomic E-state index is -0.0770. The number of hydrogen-bond donors (Lipinski definition) is 2. The second kappa shape index (κ2) is 8.78. The van der Waals surface area contributed by atoms with Gasteiger partial charge in [-0.15, -0.1) is 0 Å². The number of carbonyl (C=O) groups is 1. The first-order chi connectivity index (χ1) is 14.1. The van der Waals surface area contributed by atoms with Crippen LogP contribution in [-0.4, -0.2) is 26.2 Å². The van der Waals surface area contributed by atoms with Crippen LogP contribution in [0.15, 0.2) is 48.6 Å². The molecule has 0 fully saturated rings. The van der Waals surface area contributed by atoms with Crippen molar-refractivity contribution in [3.05, 3.63) is 75.3 Å². The number of amides is 1. The summed E-state index contributed by atoms with van der Waals surface area (Å²) in [6.45, 7) is 1.20. The van der Waals surface area contributed by atoms with Gasteiger partial charge in [0.15, 0.2) is 0 Å². The number of methoxy groups -OCH3 is 1. The lowest BCUT2D eigenvalue weighted by Crippen LogP contribution is -2.32. The molecule has 152 valence electrons. The van der Waals surface area contributed by atoms with E-state index in [-0.39, 0.29) is 17.9 Å². The molecule has 1 heterocycles. The summed E-state index contributed by atoms with van der Waals surface area (Å²) in [5.74, 6) is 0.525. The van der Waals surface area contributed by atoms with Crippen molar-refractivity contribution in [1.29, 1.82) is 0 Å². The number of benzene rings is 2. The molecule has 6 heteroatoms. The molecule has 2 N–H and O–H groups in total. The van der Waals surface area contributed by atoms with Crippen LogP contribution in [0.5, 0.6) is 0 Å². The molecule has 0 radical (unpaired) electrons. The van der Waals surface area contributed by atoms with Gasteiger partial charge in [0, 0.05) is 36.2 Å². The van der Waals surface area contributed by atoms with Crippen LogP contribution in [-0.2, 0) is 4.74 Å². The molecule has 1 aliphatic heterocycles. The fraction of sp³-hybridized carbons (Fsp3) is 0.348. The van der Waals surface area contributed by atoms with Crippen molar-refractivity contribution in [2.75, 3.05) is 25.6 Å². The highest BCUT2D eigenvalue weighted by atomic mass is 35.5. The number of halogens is 2. The predicted molar refractivity (Wildman–Crippen MR) is 118 cm³/mol. The van der Waals surface area contributed by atoms with Crippen LogP contribution < -0.4 is 10.6 Å². The van der Waals surface area contributed by atoms with Crippen LogP contribution in [0.3, 0.4) is 0 Å². The monoisotopic (exact) mass is 430 g/mol. The van der Waals surface area contributed by atoms with E-state index in [9.17, 15) is 4.79 Å². The van der Waals surface area contributed by atoms with Gasteiger partial charge in [0.2, 0.25) is 0 Å². The smallest absolute Gasteiger partial charge is 0.253 e. The fourth-order valence-corrected chi connectivity index (χ4v) is 4.91. The van der Waals surface area contributed by atoms with E-state index in [0.29, 0.717) is 34.7 Å². The molecule has 1 aliphatic carbocycles. The van der Waals surface area contributed by atoms with Gasteiger partial charge in [0.25, 0.3) is 5.91 Å². The lowest BCUT2D eigenvalue weighted by Gasteiger charge is -2.38. The molecule has 2 aromatic carbocycles. The van der Waals surface area contributed by atoms with Crippen molar-refractivity contribution in [2.24, 2.45) is 5.92 Å². The van der Waals surface area contributed by atoms with Crippen LogP contribution in [0.4, 0.5) is 5.69 Å². The number of anilines is 1. The van der Waals surface area contributed by atoms with Gasteiger partial charge < -0.3 is 15.4 Å². The second-order valence-electron chi connectivity index (χ2n) is 7.51. The van der Waals surface area contributed by atoms with Crippen molar-refractivity contribution >= 4 is 34.8 Å². The molecule has 0 bridgehead atoms. The van der Waals surface area contributed by atoms with Gasteiger partial charge in [-0.3, -0.25) is 4.79 Å². The number of rotatable bonds is 6. The molecule has 2 aromatic rings. The summed E-state index contributed by atoms with van der Waals surface area (Å²) in [4.78, 5) is 12.9. The summed E-state index contributed by atoms with van der Waals surface area (Å²) >= 11 is 12.7. The Morgan fingerprint density at radius 2 is 2.10 bits per heavy atom. The van der Waals surface area contributed by atoms with E-state index in [0.717, 1.165) is 29.7 Å². The SMILES string of the molecule is COCCCNC(=O)c1cccc2c1NC(c1ccc(Cl)cc1Cl)C1CC=CC21. The number of para-hydroxylation sites is 1. The average molecular weight is 431 g/mol. The van der Waals surface area contributed by atoms with Gasteiger partial charge in [-0.1, -0.05) is 53.6 Å². The Morgan fingerprint density at radius 1 is 1.24 bits per heavy atom. The van der Waals surface area contributed by atoms with E-state index < -0.39 is 0 Å². The van der Waals surface area contributed by atoms with E-state index >= 15 is 0 Å². The van der Waals surface area contributed by atoms with Crippen LogP contribution in [0.2, 0.25) is 10.0 Å². The Balaban J connectivity index is 1.67. The van der Waals surface area contributed by atoms with Crippen molar-refractivity contribution in [3.63, 3.8) is 0 Å². The largest absolute Gasteiger partial charge is 0.385 e. The Morgan fingerprint density at radius 3 is 2.90 bits per heavy atom. The van der Waals surface area contributed by atoms with E-state index in [1.807, 2.05) is 24.3 Å². The topological polar surface area (TPSA) is 50.4 Å². The molecular weight excluding hydrogens is 407 g/mol. The van der Waals surface area contributed by atoms with Crippen LogP contribution in [0, 0.1) is 5.92 Å². The van der Waals surface area contributed by atoms with E-state index in [2.05, 4.69) is 28.9 Å². The van der Waals surface area contributed by atoms with Gasteiger partial charge in [0.05, 0.1) is 17.3 Å². The summed E-state index contributed by atoms with van der Waals surface area (Å²) < 4.78 is 5.06. The number of allylic oxidation sites excluding steroid dienone is 2. The molecule has 0 saturated carbocycles. The molecular formula is C23H24Cl2N2O2. The Labute approximate surface area is 181 Å².